The molecule has 1 aliphatic heterocycles. The molecular formula is C13H17NO. The van der Waals surface area contributed by atoms with Gasteiger partial charge in [0.25, 0.3) is 0 Å². The molecule has 1 aromatic carbocycles. The van der Waals surface area contributed by atoms with Crippen molar-refractivity contribution in [3.05, 3.63) is 35.9 Å². The van der Waals surface area contributed by atoms with Crippen LogP contribution in [0.1, 0.15) is 26.3 Å². The molecule has 0 aliphatic carbocycles. The number of hydrogen-bond donors (Lipinski definition) is 1. The molecule has 0 unspecified atom stereocenters. The van der Waals surface area contributed by atoms with Gasteiger partial charge >= 0.3 is 0 Å². The van der Waals surface area contributed by atoms with Gasteiger partial charge in [0.1, 0.15) is 6.73 Å². The monoisotopic (exact) mass is 203 g/mol. The number of fused-ring (bicyclic) bond motifs is 1. The van der Waals surface area contributed by atoms with E-state index in [4.69, 9.17) is 0 Å². The third-order valence-corrected chi connectivity index (χ3v) is 3.03. The Kier molecular flexibility index (Phi) is 2.31. The number of aliphatic hydroxyl groups is 1. The Morgan fingerprint density at radius 1 is 1.27 bits per heavy atom. The molecule has 2 nitrogen and oxygen atoms in total. The first-order valence-corrected chi connectivity index (χ1v) is 5.23. The highest BCUT2D eigenvalue weighted by Crippen LogP contribution is 2.37. The van der Waals surface area contributed by atoms with Crippen LogP contribution in [0.5, 0.6) is 0 Å². The summed E-state index contributed by atoms with van der Waals surface area (Å²) in [5.74, 6) is 0. The van der Waals surface area contributed by atoms with Gasteiger partial charge in [0.15, 0.2) is 0 Å². The highest BCUT2D eigenvalue weighted by molar-refractivity contribution is 5.80. The van der Waals surface area contributed by atoms with Gasteiger partial charge in [-0.2, -0.15) is 0 Å². The Hall–Kier alpha value is -1.28. The Morgan fingerprint density at radius 2 is 1.93 bits per heavy atom. The number of hydrogen-bond acceptors (Lipinski definition) is 2. The van der Waals surface area contributed by atoms with Crippen LogP contribution in [-0.4, -0.2) is 17.4 Å². The third-order valence-electron chi connectivity index (χ3n) is 3.03. The lowest BCUT2D eigenvalue weighted by atomic mass is 9.89. The molecule has 1 heterocycles. The fourth-order valence-electron chi connectivity index (χ4n) is 2.30. The van der Waals surface area contributed by atoms with Crippen molar-refractivity contribution < 1.29 is 5.11 Å². The van der Waals surface area contributed by atoms with Crippen LogP contribution in [0.3, 0.4) is 0 Å². The first kappa shape index (κ1) is 10.2. The zero-order valence-electron chi connectivity index (χ0n) is 9.49. The van der Waals surface area contributed by atoms with Crippen LogP contribution in [0.15, 0.2) is 30.3 Å². The van der Waals surface area contributed by atoms with Crippen molar-refractivity contribution in [2.45, 2.75) is 26.3 Å². The number of anilines is 1. The highest BCUT2D eigenvalue weighted by atomic mass is 16.3. The van der Waals surface area contributed by atoms with Gasteiger partial charge in [-0.25, -0.2) is 0 Å². The largest absolute Gasteiger partial charge is 0.376 e. The molecule has 0 atom stereocenters. The van der Waals surface area contributed by atoms with Crippen molar-refractivity contribution in [3.8, 4) is 0 Å². The molecular weight excluding hydrogens is 186 g/mol. The van der Waals surface area contributed by atoms with Gasteiger partial charge in [-0.3, -0.25) is 0 Å². The molecule has 0 fully saturated rings. The normalized spacial score (nSPS) is 18.4. The molecule has 0 saturated heterocycles. The topological polar surface area (TPSA) is 23.5 Å². The van der Waals surface area contributed by atoms with E-state index in [1.54, 1.807) is 0 Å². The number of aliphatic hydroxyl groups excluding tert-OH is 1. The Bertz CT molecular complexity index is 407. The average molecular weight is 203 g/mol. The standard InChI is InChI=1S/C13H17NO/c1-10-8-13(2,3)14(9-15)12-7-5-4-6-11(10)12/h4-8,15H,9H2,1-3H3. The van der Waals surface area contributed by atoms with Gasteiger partial charge in [-0.15, -0.1) is 0 Å². The third kappa shape index (κ3) is 1.55. The molecule has 15 heavy (non-hydrogen) atoms. The molecule has 0 saturated carbocycles. The summed E-state index contributed by atoms with van der Waals surface area (Å²) in [6.07, 6.45) is 2.20. The number of benzene rings is 1. The predicted molar refractivity (Wildman–Crippen MR) is 63.7 cm³/mol. The van der Waals surface area contributed by atoms with E-state index < -0.39 is 0 Å². The lowest BCUT2D eigenvalue weighted by Gasteiger charge is -2.41. The zero-order chi connectivity index (χ0) is 11.1. The summed E-state index contributed by atoms with van der Waals surface area (Å²) in [4.78, 5) is 2.01. The minimum Gasteiger partial charge on any atom is -0.376 e. The van der Waals surface area contributed by atoms with Crippen LogP contribution >= 0.6 is 0 Å². The van der Waals surface area contributed by atoms with E-state index in [2.05, 4.69) is 39.0 Å². The molecule has 0 aromatic heterocycles. The molecule has 0 amide bonds. The Labute approximate surface area is 90.8 Å². The maximum atomic E-state index is 9.46. The molecule has 2 rings (SSSR count). The van der Waals surface area contributed by atoms with Crippen LogP contribution in [0.25, 0.3) is 5.57 Å². The van der Waals surface area contributed by atoms with E-state index in [0.717, 1.165) is 5.69 Å². The molecule has 1 N–H and O–H groups in total. The van der Waals surface area contributed by atoms with Crippen LogP contribution in [0.2, 0.25) is 0 Å². The summed E-state index contributed by atoms with van der Waals surface area (Å²) in [6, 6.07) is 8.20. The van der Waals surface area contributed by atoms with Gasteiger partial charge in [-0.05, 0) is 32.4 Å². The van der Waals surface area contributed by atoms with E-state index in [1.165, 1.54) is 11.1 Å². The van der Waals surface area contributed by atoms with E-state index in [0.29, 0.717) is 0 Å². The van der Waals surface area contributed by atoms with Crippen molar-refractivity contribution >= 4 is 11.3 Å². The summed E-state index contributed by atoms with van der Waals surface area (Å²) >= 11 is 0. The predicted octanol–water partition coefficient (Wildman–Crippen LogP) is 2.64. The fraction of sp³-hybridized carbons (Fsp3) is 0.385. The lowest BCUT2D eigenvalue weighted by Crippen LogP contribution is -2.45. The molecule has 1 aliphatic rings. The smallest absolute Gasteiger partial charge is 0.116 e. The number of para-hydroxylation sites is 1. The van der Waals surface area contributed by atoms with Crippen molar-refractivity contribution in [1.29, 1.82) is 0 Å². The lowest BCUT2D eigenvalue weighted by molar-refractivity contribution is 0.267. The van der Waals surface area contributed by atoms with Crippen molar-refractivity contribution in [1.82, 2.24) is 0 Å². The Balaban J connectivity index is 2.61. The quantitative estimate of drug-likeness (QED) is 0.758. The minimum absolute atomic E-state index is 0.0494. The summed E-state index contributed by atoms with van der Waals surface area (Å²) in [7, 11) is 0. The van der Waals surface area contributed by atoms with Crippen molar-refractivity contribution in [2.24, 2.45) is 0 Å². The summed E-state index contributed by atoms with van der Waals surface area (Å²) in [6.45, 7) is 6.40. The highest BCUT2D eigenvalue weighted by Gasteiger charge is 2.30. The van der Waals surface area contributed by atoms with Gasteiger partial charge in [-0.1, -0.05) is 24.3 Å². The van der Waals surface area contributed by atoms with Gasteiger partial charge in [0, 0.05) is 11.3 Å². The maximum absolute atomic E-state index is 9.46. The molecule has 0 bridgehead atoms. The molecule has 1 aromatic rings. The van der Waals surface area contributed by atoms with Crippen LogP contribution in [0.4, 0.5) is 5.69 Å². The molecule has 2 heteroatoms. The van der Waals surface area contributed by atoms with Gasteiger partial charge in [0.2, 0.25) is 0 Å². The molecule has 80 valence electrons. The summed E-state index contributed by atoms with van der Waals surface area (Å²) in [5.41, 5.74) is 3.49. The zero-order valence-corrected chi connectivity index (χ0v) is 9.49. The molecule has 0 radical (unpaired) electrons. The molecule has 0 spiro atoms. The van der Waals surface area contributed by atoms with Gasteiger partial charge in [0.05, 0.1) is 5.54 Å². The van der Waals surface area contributed by atoms with E-state index in [9.17, 15) is 5.11 Å². The number of nitrogens with zero attached hydrogens (tertiary/aromatic N) is 1. The van der Waals surface area contributed by atoms with Crippen molar-refractivity contribution in [2.75, 3.05) is 11.6 Å². The second-order valence-corrected chi connectivity index (χ2v) is 4.57. The summed E-state index contributed by atoms with van der Waals surface area (Å²) < 4.78 is 0. The first-order valence-electron chi connectivity index (χ1n) is 5.23. The first-order chi connectivity index (χ1) is 7.06. The number of rotatable bonds is 1. The SMILES string of the molecule is CC1=CC(C)(C)N(CO)c2ccccc21. The van der Waals surface area contributed by atoms with Crippen LogP contribution < -0.4 is 4.90 Å². The van der Waals surface area contributed by atoms with E-state index in [1.807, 2.05) is 17.0 Å². The second-order valence-electron chi connectivity index (χ2n) is 4.57. The van der Waals surface area contributed by atoms with Crippen LogP contribution in [-0.2, 0) is 0 Å². The maximum Gasteiger partial charge on any atom is 0.116 e. The average Bonchev–Trinajstić information content (AvgIpc) is 2.17. The Morgan fingerprint density at radius 3 is 2.60 bits per heavy atom. The second kappa shape index (κ2) is 3.38. The van der Waals surface area contributed by atoms with Crippen molar-refractivity contribution in [3.63, 3.8) is 0 Å². The summed E-state index contributed by atoms with van der Waals surface area (Å²) in [5, 5.41) is 9.46. The van der Waals surface area contributed by atoms with E-state index >= 15 is 0 Å². The van der Waals surface area contributed by atoms with Crippen LogP contribution in [0, 0.1) is 0 Å². The van der Waals surface area contributed by atoms with E-state index in [-0.39, 0.29) is 12.3 Å². The number of allylic oxidation sites excluding steroid dienone is 1. The minimum atomic E-state index is -0.118. The fourth-order valence-corrected chi connectivity index (χ4v) is 2.30. The van der Waals surface area contributed by atoms with Gasteiger partial charge < -0.3 is 10.0 Å².